The molecule has 0 unspecified atom stereocenters. The summed E-state index contributed by atoms with van der Waals surface area (Å²) in [5.74, 6) is 0.256. The lowest BCUT2D eigenvalue weighted by Crippen LogP contribution is -2.02. The highest BCUT2D eigenvalue weighted by Gasteiger charge is 2.11. The van der Waals surface area contributed by atoms with Gasteiger partial charge < -0.3 is 14.8 Å². The topological polar surface area (TPSA) is 30.5 Å². The lowest BCUT2D eigenvalue weighted by atomic mass is 10.2. The summed E-state index contributed by atoms with van der Waals surface area (Å²) in [5.41, 5.74) is 1.20. The van der Waals surface area contributed by atoms with Crippen LogP contribution in [0.15, 0.2) is 36.4 Å². The van der Waals surface area contributed by atoms with Gasteiger partial charge in [-0.1, -0.05) is 6.07 Å². The number of hydrogen-bond acceptors (Lipinski definition) is 3. The zero-order valence-electron chi connectivity index (χ0n) is 11.4. The van der Waals surface area contributed by atoms with Crippen LogP contribution in [0.4, 0.5) is 14.5 Å². The average molecular weight is 291 g/mol. The van der Waals surface area contributed by atoms with Crippen LogP contribution >= 0.6 is 0 Å². The molecule has 1 aliphatic heterocycles. The van der Waals surface area contributed by atoms with Crippen LogP contribution in [0.5, 0.6) is 11.5 Å². The molecule has 1 aliphatic rings. The highest BCUT2D eigenvalue weighted by molar-refractivity contribution is 5.55. The molecule has 0 radical (unpaired) electrons. The van der Waals surface area contributed by atoms with Crippen LogP contribution in [-0.2, 0) is 6.54 Å². The number of anilines is 1. The predicted octanol–water partition coefficient (Wildman–Crippen LogP) is 3.74. The van der Waals surface area contributed by atoms with Gasteiger partial charge in [0.2, 0.25) is 0 Å². The number of hydrogen-bond donors (Lipinski definition) is 1. The minimum Gasteiger partial charge on any atom is -0.490 e. The van der Waals surface area contributed by atoms with Crippen molar-refractivity contribution in [1.82, 2.24) is 0 Å². The van der Waals surface area contributed by atoms with Crippen LogP contribution in [-0.4, -0.2) is 13.2 Å². The van der Waals surface area contributed by atoms with E-state index >= 15 is 0 Å². The molecule has 0 aliphatic carbocycles. The van der Waals surface area contributed by atoms with Gasteiger partial charge in [-0.25, -0.2) is 8.78 Å². The standard InChI is InChI=1S/C16H15F2NO2/c17-12-3-2-11(14(18)8-12)10-19-13-4-5-15-16(9-13)21-7-1-6-20-15/h2-5,8-9,19H,1,6-7,10H2. The third-order valence-electron chi connectivity index (χ3n) is 3.25. The van der Waals surface area contributed by atoms with E-state index in [-0.39, 0.29) is 6.54 Å². The first-order valence-corrected chi connectivity index (χ1v) is 6.80. The molecule has 2 aromatic rings. The van der Waals surface area contributed by atoms with Gasteiger partial charge >= 0.3 is 0 Å². The highest BCUT2D eigenvalue weighted by atomic mass is 19.1. The molecule has 0 bridgehead atoms. The summed E-state index contributed by atoms with van der Waals surface area (Å²) in [5, 5.41) is 3.09. The summed E-state index contributed by atoms with van der Waals surface area (Å²) in [6.45, 7) is 1.52. The first-order valence-electron chi connectivity index (χ1n) is 6.80. The van der Waals surface area contributed by atoms with Crippen molar-refractivity contribution < 1.29 is 18.3 Å². The Morgan fingerprint density at radius 2 is 1.76 bits per heavy atom. The summed E-state index contributed by atoms with van der Waals surface area (Å²) in [7, 11) is 0. The smallest absolute Gasteiger partial charge is 0.163 e. The van der Waals surface area contributed by atoms with Gasteiger partial charge in [-0.2, -0.15) is 0 Å². The first kappa shape index (κ1) is 13.7. The van der Waals surface area contributed by atoms with Crippen LogP contribution in [0.25, 0.3) is 0 Å². The Balaban J connectivity index is 1.72. The van der Waals surface area contributed by atoms with E-state index in [2.05, 4.69) is 5.32 Å². The van der Waals surface area contributed by atoms with Crippen molar-refractivity contribution in [2.24, 2.45) is 0 Å². The number of fused-ring (bicyclic) bond motifs is 1. The van der Waals surface area contributed by atoms with E-state index in [1.807, 2.05) is 18.2 Å². The second-order valence-corrected chi connectivity index (χ2v) is 4.80. The van der Waals surface area contributed by atoms with Crippen molar-refractivity contribution in [3.63, 3.8) is 0 Å². The molecular weight excluding hydrogens is 276 g/mol. The van der Waals surface area contributed by atoms with Crippen LogP contribution in [0.3, 0.4) is 0 Å². The van der Waals surface area contributed by atoms with Gasteiger partial charge in [0.1, 0.15) is 11.6 Å². The van der Waals surface area contributed by atoms with E-state index in [4.69, 9.17) is 9.47 Å². The zero-order chi connectivity index (χ0) is 14.7. The Morgan fingerprint density at radius 1 is 0.952 bits per heavy atom. The zero-order valence-corrected chi connectivity index (χ0v) is 11.4. The van der Waals surface area contributed by atoms with Crippen LogP contribution in [0.1, 0.15) is 12.0 Å². The lowest BCUT2D eigenvalue weighted by molar-refractivity contribution is 0.297. The Kier molecular flexibility index (Phi) is 3.90. The van der Waals surface area contributed by atoms with Crippen molar-refractivity contribution in [2.45, 2.75) is 13.0 Å². The van der Waals surface area contributed by atoms with Gasteiger partial charge in [0.25, 0.3) is 0 Å². The molecule has 3 nitrogen and oxygen atoms in total. The molecule has 0 amide bonds. The fourth-order valence-electron chi connectivity index (χ4n) is 2.14. The van der Waals surface area contributed by atoms with Gasteiger partial charge in [-0.15, -0.1) is 0 Å². The lowest BCUT2D eigenvalue weighted by Gasteiger charge is -2.11. The summed E-state index contributed by atoms with van der Waals surface area (Å²) in [6.07, 6.45) is 0.845. The molecule has 1 N–H and O–H groups in total. The van der Waals surface area contributed by atoms with Gasteiger partial charge in [0, 0.05) is 36.3 Å². The molecule has 0 spiro atoms. The maximum atomic E-state index is 13.6. The fourth-order valence-corrected chi connectivity index (χ4v) is 2.14. The summed E-state index contributed by atoms with van der Waals surface area (Å²) in [4.78, 5) is 0. The Labute approximate surface area is 121 Å². The summed E-state index contributed by atoms with van der Waals surface area (Å²) < 4.78 is 37.5. The van der Waals surface area contributed by atoms with E-state index < -0.39 is 11.6 Å². The Hall–Kier alpha value is -2.30. The first-order chi connectivity index (χ1) is 10.2. The summed E-state index contributed by atoms with van der Waals surface area (Å²) in [6, 6.07) is 9.04. The molecule has 1 heterocycles. The third-order valence-corrected chi connectivity index (χ3v) is 3.25. The van der Waals surface area contributed by atoms with Crippen molar-refractivity contribution >= 4 is 5.69 Å². The quantitative estimate of drug-likeness (QED) is 0.934. The number of ether oxygens (including phenoxy) is 2. The van der Waals surface area contributed by atoms with Gasteiger partial charge in [-0.05, 0) is 18.2 Å². The molecule has 0 fully saturated rings. The van der Waals surface area contributed by atoms with E-state index in [0.29, 0.717) is 30.3 Å². The molecule has 110 valence electrons. The minimum atomic E-state index is -0.577. The van der Waals surface area contributed by atoms with Crippen LogP contribution < -0.4 is 14.8 Å². The normalized spacial score (nSPS) is 13.6. The number of nitrogens with one attached hydrogen (secondary N) is 1. The van der Waals surface area contributed by atoms with Crippen LogP contribution in [0, 0.1) is 11.6 Å². The summed E-state index contributed by atoms with van der Waals surface area (Å²) >= 11 is 0. The monoisotopic (exact) mass is 291 g/mol. The maximum absolute atomic E-state index is 13.6. The molecule has 0 saturated heterocycles. The molecular formula is C16H15F2NO2. The van der Waals surface area contributed by atoms with Crippen molar-refractivity contribution in [2.75, 3.05) is 18.5 Å². The predicted molar refractivity (Wildman–Crippen MR) is 75.7 cm³/mol. The number of rotatable bonds is 3. The van der Waals surface area contributed by atoms with Crippen LogP contribution in [0.2, 0.25) is 0 Å². The number of halogens is 2. The van der Waals surface area contributed by atoms with E-state index in [0.717, 1.165) is 18.2 Å². The maximum Gasteiger partial charge on any atom is 0.163 e. The van der Waals surface area contributed by atoms with Gasteiger partial charge in [-0.3, -0.25) is 0 Å². The number of benzene rings is 2. The second-order valence-electron chi connectivity index (χ2n) is 4.80. The fraction of sp³-hybridized carbons (Fsp3) is 0.250. The minimum absolute atomic E-state index is 0.270. The highest BCUT2D eigenvalue weighted by Crippen LogP contribution is 2.32. The van der Waals surface area contributed by atoms with Crippen molar-refractivity contribution in [1.29, 1.82) is 0 Å². The second kappa shape index (κ2) is 5.99. The van der Waals surface area contributed by atoms with Gasteiger partial charge in [0.05, 0.1) is 13.2 Å². The Morgan fingerprint density at radius 3 is 2.57 bits per heavy atom. The molecule has 5 heteroatoms. The largest absolute Gasteiger partial charge is 0.490 e. The van der Waals surface area contributed by atoms with Crippen molar-refractivity contribution in [3.05, 3.63) is 53.6 Å². The average Bonchev–Trinajstić information content (AvgIpc) is 2.71. The van der Waals surface area contributed by atoms with E-state index in [1.54, 1.807) is 0 Å². The Bertz CT molecular complexity index is 646. The van der Waals surface area contributed by atoms with Crippen molar-refractivity contribution in [3.8, 4) is 11.5 Å². The van der Waals surface area contributed by atoms with E-state index in [9.17, 15) is 8.78 Å². The molecule has 21 heavy (non-hydrogen) atoms. The molecule has 0 atom stereocenters. The molecule has 2 aromatic carbocycles. The molecule has 3 rings (SSSR count). The molecule has 0 aromatic heterocycles. The molecule has 0 saturated carbocycles. The SMILES string of the molecule is Fc1ccc(CNc2ccc3c(c2)OCCCO3)c(F)c1. The van der Waals surface area contributed by atoms with E-state index in [1.165, 1.54) is 12.1 Å². The third kappa shape index (κ3) is 3.24. The van der Waals surface area contributed by atoms with Gasteiger partial charge in [0.15, 0.2) is 11.5 Å².